The summed E-state index contributed by atoms with van der Waals surface area (Å²) in [6, 6.07) is 6.20. The van der Waals surface area contributed by atoms with Crippen molar-refractivity contribution in [2.45, 2.75) is 46.5 Å². The molecule has 1 N–H and O–H groups in total. The van der Waals surface area contributed by atoms with E-state index in [1.54, 1.807) is 0 Å². The molecule has 98 valence electrons. The maximum atomic E-state index is 10.2. The summed E-state index contributed by atoms with van der Waals surface area (Å²) in [6.45, 7) is 9.29. The number of fused-ring (bicyclic) bond motifs is 2. The molecule has 3 rings (SSSR count). The molecule has 0 radical (unpaired) electrons. The molecule has 0 unspecified atom stereocenters. The van der Waals surface area contributed by atoms with Crippen LogP contribution >= 0.6 is 0 Å². The molecular formula is C17H24O. The Bertz CT molecular complexity index is 470. The maximum absolute atomic E-state index is 10.2. The van der Waals surface area contributed by atoms with Crippen molar-refractivity contribution in [3.8, 4) is 5.75 Å². The van der Waals surface area contributed by atoms with Crippen molar-refractivity contribution in [2.75, 3.05) is 0 Å². The minimum absolute atomic E-state index is 0.488. The first kappa shape index (κ1) is 12.1. The molecule has 2 saturated carbocycles. The fourth-order valence-electron chi connectivity index (χ4n) is 4.48. The molecule has 2 bridgehead atoms. The van der Waals surface area contributed by atoms with Crippen molar-refractivity contribution in [2.24, 2.45) is 23.2 Å². The zero-order chi connectivity index (χ0) is 13.1. The second-order valence-electron chi connectivity index (χ2n) is 7.11. The Morgan fingerprint density at radius 3 is 2.50 bits per heavy atom. The SMILES string of the molecule is Cc1ccc([C@@H]2C[C@@H]3C[C@@H]2[C@H](C)C3(C)C)c(O)c1. The summed E-state index contributed by atoms with van der Waals surface area (Å²) in [5.41, 5.74) is 2.82. The number of aromatic hydroxyl groups is 1. The lowest BCUT2D eigenvalue weighted by Crippen LogP contribution is -2.32. The molecule has 0 spiro atoms. The topological polar surface area (TPSA) is 20.2 Å². The normalized spacial score (nSPS) is 37.1. The number of phenols is 1. The molecule has 1 heteroatoms. The van der Waals surface area contributed by atoms with E-state index in [4.69, 9.17) is 0 Å². The third kappa shape index (κ3) is 1.52. The summed E-state index contributed by atoms with van der Waals surface area (Å²) in [5, 5.41) is 10.2. The second kappa shape index (κ2) is 3.76. The van der Waals surface area contributed by atoms with Gasteiger partial charge in [-0.1, -0.05) is 32.9 Å². The average Bonchev–Trinajstić information content (AvgIpc) is 2.79. The largest absolute Gasteiger partial charge is 0.508 e. The standard InChI is InChI=1S/C17H24O/c1-10-5-6-13(16(18)7-10)15-9-12-8-14(15)11(2)17(12,3)4/h5-7,11-12,14-15,18H,8-9H2,1-4H3/t11-,12-,14+,15-/m0/s1. The molecule has 2 fully saturated rings. The van der Waals surface area contributed by atoms with Crippen LogP contribution in [0.15, 0.2) is 18.2 Å². The first-order valence-corrected chi connectivity index (χ1v) is 7.20. The van der Waals surface area contributed by atoms with Crippen LogP contribution in [0.3, 0.4) is 0 Å². The number of hydrogen-bond acceptors (Lipinski definition) is 1. The van der Waals surface area contributed by atoms with Crippen LogP contribution in [0.5, 0.6) is 5.75 Å². The first-order valence-electron chi connectivity index (χ1n) is 7.20. The molecule has 0 saturated heterocycles. The third-order valence-corrected chi connectivity index (χ3v) is 6.07. The Labute approximate surface area is 110 Å². The highest BCUT2D eigenvalue weighted by atomic mass is 16.3. The van der Waals surface area contributed by atoms with Crippen LogP contribution in [0.4, 0.5) is 0 Å². The van der Waals surface area contributed by atoms with E-state index >= 15 is 0 Å². The Hall–Kier alpha value is -0.980. The third-order valence-electron chi connectivity index (χ3n) is 6.07. The van der Waals surface area contributed by atoms with E-state index in [9.17, 15) is 5.11 Å². The fourth-order valence-corrected chi connectivity index (χ4v) is 4.48. The van der Waals surface area contributed by atoms with Crippen molar-refractivity contribution >= 4 is 0 Å². The zero-order valence-corrected chi connectivity index (χ0v) is 11.9. The van der Waals surface area contributed by atoms with Crippen LogP contribution < -0.4 is 0 Å². The molecule has 1 aromatic rings. The molecular weight excluding hydrogens is 220 g/mol. The van der Waals surface area contributed by atoms with Crippen LogP contribution in [-0.4, -0.2) is 5.11 Å². The number of aryl methyl sites for hydroxylation is 1. The minimum Gasteiger partial charge on any atom is -0.508 e. The lowest BCUT2D eigenvalue weighted by atomic mass is 9.65. The second-order valence-corrected chi connectivity index (χ2v) is 7.11. The maximum Gasteiger partial charge on any atom is 0.119 e. The molecule has 0 amide bonds. The lowest BCUT2D eigenvalue weighted by molar-refractivity contribution is 0.121. The van der Waals surface area contributed by atoms with Gasteiger partial charge in [0.1, 0.15) is 5.75 Å². The molecule has 0 aromatic heterocycles. The van der Waals surface area contributed by atoms with Crippen molar-refractivity contribution in [1.82, 2.24) is 0 Å². The highest BCUT2D eigenvalue weighted by molar-refractivity contribution is 5.40. The van der Waals surface area contributed by atoms with Gasteiger partial charge in [0.15, 0.2) is 0 Å². The van der Waals surface area contributed by atoms with Gasteiger partial charge in [0, 0.05) is 0 Å². The Morgan fingerprint density at radius 1 is 1.22 bits per heavy atom. The summed E-state index contributed by atoms with van der Waals surface area (Å²) in [4.78, 5) is 0. The van der Waals surface area contributed by atoms with E-state index in [0.717, 1.165) is 23.3 Å². The fraction of sp³-hybridized carbons (Fsp3) is 0.647. The Morgan fingerprint density at radius 2 is 1.94 bits per heavy atom. The molecule has 0 aliphatic heterocycles. The van der Waals surface area contributed by atoms with Gasteiger partial charge in [-0.25, -0.2) is 0 Å². The zero-order valence-electron chi connectivity index (χ0n) is 11.9. The average molecular weight is 244 g/mol. The molecule has 18 heavy (non-hydrogen) atoms. The van der Waals surface area contributed by atoms with E-state index in [2.05, 4.69) is 32.9 Å². The van der Waals surface area contributed by atoms with Gasteiger partial charge in [-0.15, -0.1) is 0 Å². The van der Waals surface area contributed by atoms with E-state index < -0.39 is 0 Å². The highest BCUT2D eigenvalue weighted by Crippen LogP contribution is 2.64. The van der Waals surface area contributed by atoms with Gasteiger partial charge in [-0.3, -0.25) is 0 Å². The molecule has 1 nitrogen and oxygen atoms in total. The predicted molar refractivity (Wildman–Crippen MR) is 74.7 cm³/mol. The molecule has 1 aromatic carbocycles. The number of phenolic OH excluding ortho intramolecular Hbond substituents is 1. The first-order chi connectivity index (χ1) is 8.41. The molecule has 4 atom stereocenters. The van der Waals surface area contributed by atoms with Crippen LogP contribution in [0.2, 0.25) is 0 Å². The van der Waals surface area contributed by atoms with Gasteiger partial charge in [0.2, 0.25) is 0 Å². The van der Waals surface area contributed by atoms with Crippen LogP contribution in [-0.2, 0) is 0 Å². The number of hydrogen-bond donors (Lipinski definition) is 1. The monoisotopic (exact) mass is 244 g/mol. The van der Waals surface area contributed by atoms with Gasteiger partial charge >= 0.3 is 0 Å². The Kier molecular flexibility index (Phi) is 2.52. The van der Waals surface area contributed by atoms with Crippen molar-refractivity contribution in [3.63, 3.8) is 0 Å². The summed E-state index contributed by atoms with van der Waals surface area (Å²) >= 11 is 0. The Balaban J connectivity index is 1.93. The quantitative estimate of drug-likeness (QED) is 0.772. The summed E-state index contributed by atoms with van der Waals surface area (Å²) < 4.78 is 0. The van der Waals surface area contributed by atoms with Crippen molar-refractivity contribution in [3.05, 3.63) is 29.3 Å². The van der Waals surface area contributed by atoms with Gasteiger partial charge in [-0.2, -0.15) is 0 Å². The van der Waals surface area contributed by atoms with Crippen LogP contribution in [0.1, 0.15) is 50.7 Å². The lowest BCUT2D eigenvalue weighted by Gasteiger charge is -2.40. The van der Waals surface area contributed by atoms with E-state index in [0.29, 0.717) is 17.1 Å². The molecule has 2 aliphatic carbocycles. The van der Waals surface area contributed by atoms with Crippen molar-refractivity contribution in [1.29, 1.82) is 0 Å². The minimum atomic E-state index is 0.488. The van der Waals surface area contributed by atoms with Gasteiger partial charge in [0.25, 0.3) is 0 Å². The summed E-state index contributed by atoms with van der Waals surface area (Å²) in [6.07, 6.45) is 2.62. The number of benzene rings is 1. The number of rotatable bonds is 1. The van der Waals surface area contributed by atoms with E-state index in [1.807, 2.05) is 13.0 Å². The molecule has 2 aliphatic rings. The van der Waals surface area contributed by atoms with Crippen molar-refractivity contribution < 1.29 is 5.11 Å². The van der Waals surface area contributed by atoms with Gasteiger partial charge in [-0.05, 0) is 66.0 Å². The summed E-state index contributed by atoms with van der Waals surface area (Å²) in [7, 11) is 0. The predicted octanol–water partition coefficient (Wildman–Crippen LogP) is 4.49. The highest BCUT2D eigenvalue weighted by Gasteiger charge is 2.55. The van der Waals surface area contributed by atoms with Gasteiger partial charge < -0.3 is 5.11 Å². The van der Waals surface area contributed by atoms with Crippen LogP contribution in [0.25, 0.3) is 0 Å². The summed E-state index contributed by atoms with van der Waals surface area (Å²) in [5.74, 6) is 3.46. The molecule has 0 heterocycles. The van der Waals surface area contributed by atoms with Gasteiger partial charge in [0.05, 0.1) is 0 Å². The van der Waals surface area contributed by atoms with E-state index in [1.165, 1.54) is 18.4 Å². The van der Waals surface area contributed by atoms with Crippen LogP contribution in [0, 0.1) is 30.1 Å². The van der Waals surface area contributed by atoms with E-state index in [-0.39, 0.29) is 0 Å². The smallest absolute Gasteiger partial charge is 0.119 e.